The van der Waals surface area contributed by atoms with E-state index in [0.717, 1.165) is 0 Å². The van der Waals surface area contributed by atoms with Gasteiger partial charge in [-0.1, -0.05) is 13.8 Å². The third-order valence-corrected chi connectivity index (χ3v) is 2.12. The van der Waals surface area contributed by atoms with E-state index in [4.69, 9.17) is 6.42 Å². The van der Waals surface area contributed by atoms with Crippen LogP contribution in [0, 0.1) is 18.3 Å². The molecule has 0 radical (unpaired) electrons. The summed E-state index contributed by atoms with van der Waals surface area (Å²) in [5.41, 5.74) is 0. The van der Waals surface area contributed by atoms with Crippen molar-refractivity contribution in [2.75, 3.05) is 13.1 Å². The number of nitrogens with one attached hydrogen (secondary N) is 2. The van der Waals surface area contributed by atoms with Gasteiger partial charge in [0.05, 0.1) is 6.54 Å². The van der Waals surface area contributed by atoms with Crippen molar-refractivity contribution in [3.8, 4) is 12.3 Å². The molecule has 0 saturated carbocycles. The van der Waals surface area contributed by atoms with Gasteiger partial charge in [-0.3, -0.25) is 4.79 Å². The molecule has 3 nitrogen and oxygen atoms in total. The predicted molar refractivity (Wildman–Crippen MR) is 58.8 cm³/mol. The molecule has 0 heterocycles. The number of carbonyl (C=O) groups excluding carboxylic acids is 1. The summed E-state index contributed by atoms with van der Waals surface area (Å²) >= 11 is 0. The highest BCUT2D eigenvalue weighted by atomic mass is 16.1. The Hall–Kier alpha value is -1.01. The summed E-state index contributed by atoms with van der Waals surface area (Å²) < 4.78 is 0. The Kier molecular flexibility index (Phi) is 6.87. The summed E-state index contributed by atoms with van der Waals surface area (Å²) in [6.07, 6.45) is 5.74. The fourth-order valence-electron chi connectivity index (χ4n) is 0.834. The maximum Gasteiger partial charge on any atom is 0.234 e. The average Bonchev–Trinajstić information content (AvgIpc) is 2.12. The van der Waals surface area contributed by atoms with Crippen LogP contribution >= 0.6 is 0 Å². The molecule has 0 aromatic carbocycles. The van der Waals surface area contributed by atoms with Gasteiger partial charge in [-0.2, -0.15) is 0 Å². The molecule has 1 atom stereocenters. The van der Waals surface area contributed by atoms with E-state index in [-0.39, 0.29) is 11.9 Å². The van der Waals surface area contributed by atoms with E-state index in [1.165, 1.54) is 0 Å². The highest BCUT2D eigenvalue weighted by Gasteiger charge is 2.09. The van der Waals surface area contributed by atoms with Gasteiger partial charge >= 0.3 is 0 Å². The van der Waals surface area contributed by atoms with Crippen molar-refractivity contribution in [2.24, 2.45) is 5.92 Å². The van der Waals surface area contributed by atoms with Crippen LogP contribution in [0.2, 0.25) is 0 Å². The van der Waals surface area contributed by atoms with Gasteiger partial charge in [-0.25, -0.2) is 0 Å². The summed E-state index contributed by atoms with van der Waals surface area (Å²) in [5.74, 6) is 3.00. The number of carbonyl (C=O) groups is 1. The van der Waals surface area contributed by atoms with Gasteiger partial charge in [0.15, 0.2) is 0 Å². The van der Waals surface area contributed by atoms with Crippen LogP contribution in [-0.4, -0.2) is 25.0 Å². The maximum atomic E-state index is 11.3. The molecule has 1 unspecified atom stereocenters. The molecule has 0 aliphatic carbocycles. The lowest BCUT2D eigenvalue weighted by Gasteiger charge is -2.17. The molecule has 0 aliphatic rings. The largest absolute Gasteiger partial charge is 0.352 e. The van der Waals surface area contributed by atoms with Crippen molar-refractivity contribution in [3.05, 3.63) is 0 Å². The number of hydrogen-bond acceptors (Lipinski definition) is 2. The van der Waals surface area contributed by atoms with Crippen LogP contribution < -0.4 is 10.6 Å². The van der Waals surface area contributed by atoms with Crippen molar-refractivity contribution >= 4 is 5.91 Å². The van der Waals surface area contributed by atoms with Crippen molar-refractivity contribution in [3.63, 3.8) is 0 Å². The minimum Gasteiger partial charge on any atom is -0.352 e. The van der Waals surface area contributed by atoms with Gasteiger partial charge in [-0.05, 0) is 12.8 Å². The van der Waals surface area contributed by atoms with Crippen LogP contribution in [0.15, 0.2) is 0 Å². The second kappa shape index (κ2) is 7.40. The van der Waals surface area contributed by atoms with Crippen LogP contribution in [-0.2, 0) is 4.79 Å². The zero-order valence-corrected chi connectivity index (χ0v) is 9.26. The Bertz CT molecular complexity index is 206. The molecule has 0 saturated heterocycles. The number of rotatable bonds is 6. The zero-order valence-electron chi connectivity index (χ0n) is 9.26. The van der Waals surface area contributed by atoms with E-state index in [1.54, 1.807) is 0 Å². The molecule has 0 spiro atoms. The smallest absolute Gasteiger partial charge is 0.234 e. The van der Waals surface area contributed by atoms with Crippen LogP contribution in [0.3, 0.4) is 0 Å². The van der Waals surface area contributed by atoms with Crippen LogP contribution in [0.4, 0.5) is 0 Å². The first kappa shape index (κ1) is 13.0. The van der Waals surface area contributed by atoms with E-state index in [9.17, 15) is 4.79 Å². The summed E-state index contributed by atoms with van der Waals surface area (Å²) in [6, 6.07) is 0.219. The normalized spacial score (nSPS) is 12.2. The first-order chi connectivity index (χ1) is 6.57. The van der Waals surface area contributed by atoms with Crippen molar-refractivity contribution in [1.82, 2.24) is 10.6 Å². The van der Waals surface area contributed by atoms with Gasteiger partial charge in [-0.15, -0.1) is 12.3 Å². The lowest BCUT2D eigenvalue weighted by Crippen LogP contribution is -2.41. The first-order valence-electron chi connectivity index (χ1n) is 5.01. The Balaban J connectivity index is 3.51. The van der Waals surface area contributed by atoms with Crippen LogP contribution in [0.1, 0.15) is 27.2 Å². The molecule has 2 N–H and O–H groups in total. The van der Waals surface area contributed by atoms with Gasteiger partial charge < -0.3 is 10.6 Å². The maximum absolute atomic E-state index is 11.3. The number of amides is 1. The molecule has 80 valence electrons. The Morgan fingerprint density at radius 3 is 2.57 bits per heavy atom. The summed E-state index contributed by atoms with van der Waals surface area (Å²) in [7, 11) is 0. The average molecular weight is 196 g/mol. The van der Waals surface area contributed by atoms with Crippen molar-refractivity contribution < 1.29 is 4.79 Å². The van der Waals surface area contributed by atoms with E-state index in [2.05, 4.69) is 30.4 Å². The summed E-state index contributed by atoms with van der Waals surface area (Å²) in [6.45, 7) is 7.20. The lowest BCUT2D eigenvalue weighted by molar-refractivity contribution is -0.121. The topological polar surface area (TPSA) is 41.1 Å². The van der Waals surface area contributed by atoms with Gasteiger partial charge in [0.2, 0.25) is 5.91 Å². The molecule has 0 aromatic heterocycles. The van der Waals surface area contributed by atoms with Crippen LogP contribution in [0.5, 0.6) is 0 Å². The highest BCUT2D eigenvalue weighted by Crippen LogP contribution is 1.98. The molecule has 0 aromatic rings. The second-order valence-electron chi connectivity index (χ2n) is 3.73. The molecule has 14 heavy (non-hydrogen) atoms. The van der Waals surface area contributed by atoms with E-state index in [0.29, 0.717) is 25.4 Å². The Labute approximate surface area is 86.6 Å². The SMILES string of the molecule is C#CCCNCC(=O)NC(C)C(C)C. The number of terminal acetylenes is 1. The van der Waals surface area contributed by atoms with Crippen molar-refractivity contribution in [1.29, 1.82) is 0 Å². The third-order valence-electron chi connectivity index (χ3n) is 2.12. The molecular weight excluding hydrogens is 176 g/mol. The van der Waals surface area contributed by atoms with Gasteiger partial charge in [0, 0.05) is 19.0 Å². The van der Waals surface area contributed by atoms with Crippen LogP contribution in [0.25, 0.3) is 0 Å². The third kappa shape index (κ3) is 6.50. The molecule has 3 heteroatoms. The van der Waals surface area contributed by atoms with Crippen molar-refractivity contribution in [2.45, 2.75) is 33.2 Å². The molecule has 0 aliphatic heterocycles. The zero-order chi connectivity index (χ0) is 11.0. The fourth-order valence-corrected chi connectivity index (χ4v) is 0.834. The molecular formula is C11H20N2O. The van der Waals surface area contributed by atoms with Gasteiger partial charge in [0.25, 0.3) is 0 Å². The highest BCUT2D eigenvalue weighted by molar-refractivity contribution is 5.78. The van der Waals surface area contributed by atoms with E-state index in [1.807, 2.05) is 6.92 Å². The molecule has 1 amide bonds. The first-order valence-corrected chi connectivity index (χ1v) is 5.01. The van der Waals surface area contributed by atoms with E-state index >= 15 is 0 Å². The quantitative estimate of drug-likeness (QED) is 0.486. The van der Waals surface area contributed by atoms with Gasteiger partial charge in [0.1, 0.15) is 0 Å². The van der Waals surface area contributed by atoms with E-state index < -0.39 is 0 Å². The standard InChI is InChI=1S/C11H20N2O/c1-5-6-7-12-8-11(14)13-10(4)9(2)3/h1,9-10,12H,6-8H2,2-4H3,(H,13,14). The second-order valence-corrected chi connectivity index (χ2v) is 3.73. The molecule has 0 rings (SSSR count). The fraction of sp³-hybridized carbons (Fsp3) is 0.727. The lowest BCUT2D eigenvalue weighted by atomic mass is 10.1. The minimum atomic E-state index is 0.0308. The Morgan fingerprint density at radius 1 is 1.43 bits per heavy atom. The molecule has 0 fully saturated rings. The number of hydrogen-bond donors (Lipinski definition) is 2. The molecule has 0 bridgehead atoms. The summed E-state index contributed by atoms with van der Waals surface area (Å²) in [4.78, 5) is 11.3. The Morgan fingerprint density at radius 2 is 2.07 bits per heavy atom. The summed E-state index contributed by atoms with van der Waals surface area (Å²) in [5, 5.41) is 5.88. The minimum absolute atomic E-state index is 0.0308. The monoisotopic (exact) mass is 196 g/mol. The predicted octanol–water partition coefficient (Wildman–Crippen LogP) is 0.760.